The number of halogens is 3. The van der Waals surface area contributed by atoms with Crippen molar-refractivity contribution in [2.45, 2.75) is 0 Å². The van der Waals surface area contributed by atoms with E-state index in [4.69, 9.17) is 16.3 Å². The lowest BCUT2D eigenvalue weighted by Gasteiger charge is -2.18. The van der Waals surface area contributed by atoms with Gasteiger partial charge in [-0.1, -0.05) is 11.6 Å². The molecule has 0 saturated carbocycles. The van der Waals surface area contributed by atoms with E-state index >= 15 is 0 Å². The summed E-state index contributed by atoms with van der Waals surface area (Å²) in [5.41, 5.74) is -0.171. The van der Waals surface area contributed by atoms with Crippen LogP contribution in [0.25, 0.3) is 0 Å². The van der Waals surface area contributed by atoms with Gasteiger partial charge in [-0.05, 0) is 36.4 Å². The van der Waals surface area contributed by atoms with E-state index in [2.05, 4.69) is 0 Å². The third-order valence-electron chi connectivity index (χ3n) is 3.02. The fourth-order valence-corrected chi connectivity index (χ4v) is 1.93. The van der Waals surface area contributed by atoms with Crippen LogP contribution in [0.5, 0.6) is 5.75 Å². The molecule has 0 saturated heterocycles. The Hall–Kier alpha value is -2.14. The molecule has 0 atom stereocenters. The Morgan fingerprint density at radius 1 is 1.18 bits per heavy atom. The predicted octanol–water partition coefficient (Wildman–Crippen LogP) is 3.77. The fourth-order valence-electron chi connectivity index (χ4n) is 1.80. The van der Waals surface area contributed by atoms with Gasteiger partial charge in [-0.2, -0.15) is 0 Å². The molecule has 0 fully saturated rings. The van der Waals surface area contributed by atoms with Gasteiger partial charge in [0.25, 0.3) is 5.91 Å². The number of hydrogen-bond acceptors (Lipinski definition) is 2. The minimum absolute atomic E-state index is 0.171. The lowest BCUT2D eigenvalue weighted by Crippen LogP contribution is -2.31. The Morgan fingerprint density at radius 3 is 2.50 bits per heavy atom. The van der Waals surface area contributed by atoms with Crippen LogP contribution in [0.15, 0.2) is 42.5 Å². The highest BCUT2D eigenvalue weighted by Gasteiger charge is 2.16. The number of rotatable bonds is 5. The highest BCUT2D eigenvalue weighted by Crippen LogP contribution is 2.16. The van der Waals surface area contributed by atoms with Crippen LogP contribution in [-0.4, -0.2) is 31.0 Å². The zero-order valence-corrected chi connectivity index (χ0v) is 12.6. The Bertz CT molecular complexity index is 662. The second-order valence-corrected chi connectivity index (χ2v) is 5.09. The molecular weight excluding hydrogens is 312 g/mol. The number of likely N-dealkylation sites (N-methyl/N-ethyl adjacent to an activating group) is 1. The zero-order valence-electron chi connectivity index (χ0n) is 11.9. The molecule has 0 radical (unpaired) electrons. The van der Waals surface area contributed by atoms with Crippen LogP contribution in [0.2, 0.25) is 5.02 Å². The third-order valence-corrected chi connectivity index (χ3v) is 3.27. The van der Waals surface area contributed by atoms with Crippen LogP contribution in [-0.2, 0) is 0 Å². The van der Waals surface area contributed by atoms with Crippen molar-refractivity contribution in [3.63, 3.8) is 0 Å². The van der Waals surface area contributed by atoms with Gasteiger partial charge in [0.2, 0.25) is 0 Å². The number of ether oxygens (including phenoxy) is 1. The van der Waals surface area contributed by atoms with E-state index in [0.29, 0.717) is 16.8 Å². The molecule has 0 bridgehead atoms. The van der Waals surface area contributed by atoms with Crippen molar-refractivity contribution in [1.82, 2.24) is 4.90 Å². The molecular formula is C16H14ClF2NO2. The molecule has 2 rings (SSSR count). The van der Waals surface area contributed by atoms with Crippen LogP contribution in [0.1, 0.15) is 10.4 Å². The first-order chi connectivity index (χ1) is 10.5. The molecule has 3 nitrogen and oxygen atoms in total. The number of hydrogen-bond donors (Lipinski definition) is 0. The summed E-state index contributed by atoms with van der Waals surface area (Å²) in [7, 11) is 1.52. The first-order valence-electron chi connectivity index (χ1n) is 6.56. The van der Waals surface area contributed by atoms with E-state index < -0.39 is 17.5 Å². The SMILES string of the molecule is CN(CCOc1ccc(Cl)cc1)C(=O)c1ccc(F)cc1F. The average molecular weight is 326 g/mol. The van der Waals surface area contributed by atoms with Crippen LogP contribution in [0.3, 0.4) is 0 Å². The quantitative estimate of drug-likeness (QED) is 0.837. The van der Waals surface area contributed by atoms with Crippen molar-refractivity contribution in [2.24, 2.45) is 0 Å². The highest BCUT2D eigenvalue weighted by atomic mass is 35.5. The maximum atomic E-state index is 13.6. The topological polar surface area (TPSA) is 29.5 Å². The lowest BCUT2D eigenvalue weighted by molar-refractivity contribution is 0.0769. The monoisotopic (exact) mass is 325 g/mol. The third kappa shape index (κ3) is 4.18. The first kappa shape index (κ1) is 16.2. The predicted molar refractivity (Wildman–Crippen MR) is 80.3 cm³/mol. The van der Waals surface area contributed by atoms with Gasteiger partial charge in [-0.3, -0.25) is 4.79 Å². The maximum absolute atomic E-state index is 13.6. The number of carbonyl (C=O) groups excluding carboxylic acids is 1. The molecule has 0 spiro atoms. The van der Waals surface area contributed by atoms with Crippen molar-refractivity contribution >= 4 is 17.5 Å². The standard InChI is InChI=1S/C16H14ClF2NO2/c1-20(8-9-22-13-5-2-11(17)3-6-13)16(21)14-7-4-12(18)10-15(14)19/h2-7,10H,8-9H2,1H3. The average Bonchev–Trinajstić information content (AvgIpc) is 2.48. The van der Waals surface area contributed by atoms with E-state index in [-0.39, 0.29) is 18.7 Å². The summed E-state index contributed by atoms with van der Waals surface area (Å²) in [5.74, 6) is -1.51. The number of benzene rings is 2. The molecule has 116 valence electrons. The Labute approximate surface area is 132 Å². The van der Waals surface area contributed by atoms with Crippen molar-refractivity contribution in [3.05, 3.63) is 64.7 Å². The molecule has 0 aliphatic heterocycles. The van der Waals surface area contributed by atoms with E-state index in [9.17, 15) is 13.6 Å². The lowest BCUT2D eigenvalue weighted by atomic mass is 10.2. The van der Waals surface area contributed by atoms with Gasteiger partial charge in [0.05, 0.1) is 12.1 Å². The summed E-state index contributed by atoms with van der Waals surface area (Å²) in [6.45, 7) is 0.505. The van der Waals surface area contributed by atoms with Crippen LogP contribution in [0, 0.1) is 11.6 Å². The molecule has 2 aromatic carbocycles. The van der Waals surface area contributed by atoms with Crippen LogP contribution < -0.4 is 4.74 Å². The van der Waals surface area contributed by atoms with Gasteiger partial charge in [0, 0.05) is 18.1 Å². The summed E-state index contributed by atoms with van der Waals surface area (Å²) in [4.78, 5) is 13.4. The molecule has 0 aromatic heterocycles. The van der Waals surface area contributed by atoms with Crippen molar-refractivity contribution in [2.75, 3.05) is 20.2 Å². The molecule has 0 unspecified atom stereocenters. The zero-order chi connectivity index (χ0) is 16.1. The van der Waals surface area contributed by atoms with Gasteiger partial charge >= 0.3 is 0 Å². The fraction of sp³-hybridized carbons (Fsp3) is 0.188. The van der Waals surface area contributed by atoms with Crippen molar-refractivity contribution in [1.29, 1.82) is 0 Å². The van der Waals surface area contributed by atoms with Crippen molar-refractivity contribution in [3.8, 4) is 5.75 Å². The first-order valence-corrected chi connectivity index (χ1v) is 6.94. The summed E-state index contributed by atoms with van der Waals surface area (Å²) in [6.07, 6.45) is 0. The Morgan fingerprint density at radius 2 is 1.86 bits per heavy atom. The minimum atomic E-state index is -0.879. The molecule has 6 heteroatoms. The van der Waals surface area contributed by atoms with E-state index in [1.807, 2.05) is 0 Å². The Balaban J connectivity index is 1.90. The second-order valence-electron chi connectivity index (χ2n) is 4.65. The van der Waals surface area contributed by atoms with E-state index in [0.717, 1.165) is 12.1 Å². The summed E-state index contributed by atoms with van der Waals surface area (Å²) < 4.78 is 31.9. The summed E-state index contributed by atoms with van der Waals surface area (Å²) in [6, 6.07) is 9.68. The minimum Gasteiger partial charge on any atom is -0.492 e. The van der Waals surface area contributed by atoms with Gasteiger partial charge in [-0.25, -0.2) is 8.78 Å². The molecule has 0 aliphatic carbocycles. The maximum Gasteiger partial charge on any atom is 0.256 e. The van der Waals surface area contributed by atoms with Crippen LogP contribution in [0.4, 0.5) is 8.78 Å². The number of nitrogens with zero attached hydrogens (tertiary/aromatic N) is 1. The molecule has 1 amide bonds. The highest BCUT2D eigenvalue weighted by molar-refractivity contribution is 6.30. The van der Waals surface area contributed by atoms with Gasteiger partial charge < -0.3 is 9.64 Å². The smallest absolute Gasteiger partial charge is 0.256 e. The van der Waals surface area contributed by atoms with E-state index in [1.165, 1.54) is 11.9 Å². The van der Waals surface area contributed by atoms with Gasteiger partial charge in [0.1, 0.15) is 24.0 Å². The normalized spacial score (nSPS) is 10.4. The number of amides is 1. The van der Waals surface area contributed by atoms with Gasteiger partial charge in [-0.15, -0.1) is 0 Å². The molecule has 22 heavy (non-hydrogen) atoms. The van der Waals surface area contributed by atoms with Gasteiger partial charge in [0.15, 0.2) is 0 Å². The molecule has 0 aliphatic rings. The molecule has 2 aromatic rings. The van der Waals surface area contributed by atoms with Crippen molar-refractivity contribution < 1.29 is 18.3 Å². The van der Waals surface area contributed by atoms with Crippen LogP contribution >= 0.6 is 11.6 Å². The largest absolute Gasteiger partial charge is 0.492 e. The summed E-state index contributed by atoms with van der Waals surface area (Å²) >= 11 is 5.76. The summed E-state index contributed by atoms with van der Waals surface area (Å²) in [5, 5.41) is 0.603. The second kappa shape index (κ2) is 7.22. The molecule has 0 N–H and O–H groups in total. The number of carbonyl (C=O) groups is 1. The molecule has 0 heterocycles. The van der Waals surface area contributed by atoms with E-state index in [1.54, 1.807) is 24.3 Å². The Kier molecular flexibility index (Phi) is 5.33.